The van der Waals surface area contributed by atoms with Gasteiger partial charge in [-0.1, -0.05) is 37.3 Å². The van der Waals surface area contributed by atoms with E-state index in [1.165, 1.54) is 6.20 Å². The first-order valence-corrected chi connectivity index (χ1v) is 6.88. The van der Waals surface area contributed by atoms with E-state index in [1.54, 1.807) is 0 Å². The highest BCUT2D eigenvalue weighted by atomic mass is 16.1. The molecule has 0 aromatic heterocycles. The smallest absolute Gasteiger partial charge is 0.263 e. The number of anilines is 1. The second kappa shape index (κ2) is 7.11. The van der Waals surface area contributed by atoms with Crippen LogP contribution in [0.25, 0.3) is 10.8 Å². The van der Waals surface area contributed by atoms with Gasteiger partial charge in [0.25, 0.3) is 5.91 Å². The third-order valence-corrected chi connectivity index (χ3v) is 3.03. The van der Waals surface area contributed by atoms with Crippen molar-refractivity contribution in [1.29, 1.82) is 5.26 Å². The number of hydrogen-bond donors (Lipinski definition) is 2. The van der Waals surface area contributed by atoms with E-state index in [2.05, 4.69) is 10.6 Å². The zero-order chi connectivity index (χ0) is 15.1. The summed E-state index contributed by atoms with van der Waals surface area (Å²) in [6.07, 6.45) is 2.28. The van der Waals surface area contributed by atoms with Crippen molar-refractivity contribution in [3.63, 3.8) is 0 Å². The standard InChI is InChI=1S/C17H17N3O/c1-2-9-19-17(21)15(11-18)12-20-16-8-7-13-5-3-4-6-14(13)10-16/h3-8,10,12,20H,2,9H2,1H3,(H,19,21)/b15-12-. The molecule has 2 aromatic rings. The van der Waals surface area contributed by atoms with E-state index >= 15 is 0 Å². The number of nitrogens with one attached hydrogen (secondary N) is 2. The SMILES string of the molecule is CCCNC(=O)/C(C#N)=C\Nc1ccc2ccccc2c1. The number of carbonyl (C=O) groups is 1. The Bertz CT molecular complexity index is 713. The van der Waals surface area contributed by atoms with Crippen LogP contribution >= 0.6 is 0 Å². The molecule has 0 saturated heterocycles. The Morgan fingerprint density at radius 3 is 2.71 bits per heavy atom. The zero-order valence-corrected chi connectivity index (χ0v) is 11.9. The van der Waals surface area contributed by atoms with E-state index in [0.717, 1.165) is 22.9 Å². The molecule has 0 bridgehead atoms. The summed E-state index contributed by atoms with van der Waals surface area (Å²) in [5.41, 5.74) is 0.904. The molecule has 1 amide bonds. The summed E-state index contributed by atoms with van der Waals surface area (Å²) in [5.74, 6) is -0.354. The van der Waals surface area contributed by atoms with Gasteiger partial charge in [-0.2, -0.15) is 5.26 Å². The number of benzene rings is 2. The third-order valence-electron chi connectivity index (χ3n) is 3.03. The molecule has 4 heteroatoms. The van der Waals surface area contributed by atoms with Gasteiger partial charge >= 0.3 is 0 Å². The van der Waals surface area contributed by atoms with Gasteiger partial charge in [0.2, 0.25) is 0 Å². The molecule has 2 aromatic carbocycles. The minimum absolute atomic E-state index is 0.0663. The fraction of sp³-hybridized carbons (Fsp3) is 0.176. The van der Waals surface area contributed by atoms with Crippen molar-refractivity contribution in [2.75, 3.05) is 11.9 Å². The maximum Gasteiger partial charge on any atom is 0.263 e. The van der Waals surface area contributed by atoms with Gasteiger partial charge in [0.05, 0.1) is 0 Å². The normalized spacial score (nSPS) is 11.0. The lowest BCUT2D eigenvalue weighted by Gasteiger charge is -2.05. The van der Waals surface area contributed by atoms with Gasteiger partial charge in [0.15, 0.2) is 0 Å². The van der Waals surface area contributed by atoms with Crippen LogP contribution in [-0.4, -0.2) is 12.5 Å². The van der Waals surface area contributed by atoms with Crippen molar-refractivity contribution < 1.29 is 4.79 Å². The van der Waals surface area contributed by atoms with Gasteiger partial charge in [-0.3, -0.25) is 4.79 Å². The fourth-order valence-corrected chi connectivity index (χ4v) is 1.92. The largest absolute Gasteiger partial charge is 0.360 e. The predicted octanol–water partition coefficient (Wildman–Crippen LogP) is 3.19. The van der Waals surface area contributed by atoms with Crippen LogP contribution in [0.4, 0.5) is 5.69 Å². The number of nitriles is 1. The van der Waals surface area contributed by atoms with Crippen molar-refractivity contribution in [3.8, 4) is 6.07 Å². The molecule has 2 N–H and O–H groups in total. The van der Waals surface area contributed by atoms with Gasteiger partial charge in [-0.15, -0.1) is 0 Å². The van der Waals surface area contributed by atoms with Crippen LogP contribution in [-0.2, 0) is 4.79 Å². The summed E-state index contributed by atoms with van der Waals surface area (Å²) in [6.45, 7) is 2.52. The van der Waals surface area contributed by atoms with Gasteiger partial charge in [-0.05, 0) is 29.3 Å². The van der Waals surface area contributed by atoms with Crippen molar-refractivity contribution in [2.24, 2.45) is 0 Å². The molecule has 0 saturated carbocycles. The van der Waals surface area contributed by atoms with Crippen LogP contribution in [0.3, 0.4) is 0 Å². The van der Waals surface area contributed by atoms with Crippen LogP contribution < -0.4 is 10.6 Å². The highest BCUT2D eigenvalue weighted by Crippen LogP contribution is 2.18. The molecular weight excluding hydrogens is 262 g/mol. The summed E-state index contributed by atoms with van der Waals surface area (Å²) < 4.78 is 0. The Morgan fingerprint density at radius 2 is 2.00 bits per heavy atom. The summed E-state index contributed by atoms with van der Waals surface area (Å²) in [7, 11) is 0. The van der Waals surface area contributed by atoms with Crippen molar-refractivity contribution in [2.45, 2.75) is 13.3 Å². The van der Waals surface area contributed by atoms with E-state index in [-0.39, 0.29) is 11.5 Å². The Balaban J connectivity index is 2.13. The average molecular weight is 279 g/mol. The Kier molecular flexibility index (Phi) is 4.94. The first-order chi connectivity index (χ1) is 10.2. The minimum Gasteiger partial charge on any atom is -0.360 e. The van der Waals surface area contributed by atoms with E-state index in [1.807, 2.05) is 55.5 Å². The molecule has 0 aliphatic carbocycles. The topological polar surface area (TPSA) is 64.9 Å². The number of nitrogens with zero attached hydrogens (tertiary/aromatic N) is 1. The molecule has 0 heterocycles. The number of fused-ring (bicyclic) bond motifs is 1. The molecule has 0 atom stereocenters. The van der Waals surface area contributed by atoms with Gasteiger partial charge in [0, 0.05) is 18.4 Å². The molecular formula is C17H17N3O. The van der Waals surface area contributed by atoms with Crippen LogP contribution in [0.5, 0.6) is 0 Å². The molecule has 0 unspecified atom stereocenters. The highest BCUT2D eigenvalue weighted by molar-refractivity contribution is 5.97. The minimum atomic E-state index is -0.354. The second-order valence-electron chi connectivity index (χ2n) is 4.63. The zero-order valence-electron chi connectivity index (χ0n) is 11.9. The van der Waals surface area contributed by atoms with Crippen molar-refractivity contribution in [1.82, 2.24) is 5.32 Å². The van der Waals surface area contributed by atoms with Gasteiger partial charge in [-0.25, -0.2) is 0 Å². The molecule has 0 spiro atoms. The van der Waals surface area contributed by atoms with Crippen LogP contribution in [0, 0.1) is 11.3 Å². The first kappa shape index (κ1) is 14.6. The molecule has 0 aliphatic heterocycles. The van der Waals surface area contributed by atoms with Gasteiger partial charge < -0.3 is 10.6 Å². The van der Waals surface area contributed by atoms with Crippen molar-refractivity contribution in [3.05, 3.63) is 54.2 Å². The Morgan fingerprint density at radius 1 is 1.24 bits per heavy atom. The van der Waals surface area contributed by atoms with E-state index in [4.69, 9.17) is 5.26 Å². The number of amides is 1. The molecule has 21 heavy (non-hydrogen) atoms. The lowest BCUT2D eigenvalue weighted by Crippen LogP contribution is -2.25. The second-order valence-corrected chi connectivity index (χ2v) is 4.63. The molecule has 106 valence electrons. The van der Waals surface area contributed by atoms with Crippen LogP contribution in [0.2, 0.25) is 0 Å². The van der Waals surface area contributed by atoms with Gasteiger partial charge in [0.1, 0.15) is 11.6 Å². The molecule has 2 rings (SSSR count). The maximum absolute atomic E-state index is 11.7. The highest BCUT2D eigenvalue weighted by Gasteiger charge is 2.07. The van der Waals surface area contributed by atoms with E-state index < -0.39 is 0 Å². The predicted molar refractivity (Wildman–Crippen MR) is 84.6 cm³/mol. The van der Waals surface area contributed by atoms with Crippen LogP contribution in [0.1, 0.15) is 13.3 Å². The van der Waals surface area contributed by atoms with E-state index in [0.29, 0.717) is 6.54 Å². The number of carbonyl (C=O) groups excluding carboxylic acids is 1. The molecule has 4 nitrogen and oxygen atoms in total. The lowest BCUT2D eigenvalue weighted by molar-refractivity contribution is -0.117. The first-order valence-electron chi connectivity index (χ1n) is 6.88. The molecule has 0 aliphatic rings. The average Bonchev–Trinajstić information content (AvgIpc) is 2.53. The fourth-order valence-electron chi connectivity index (χ4n) is 1.92. The van der Waals surface area contributed by atoms with E-state index in [9.17, 15) is 4.79 Å². The quantitative estimate of drug-likeness (QED) is 0.652. The summed E-state index contributed by atoms with van der Waals surface area (Å²) in [4.78, 5) is 11.7. The summed E-state index contributed by atoms with van der Waals surface area (Å²) in [6, 6.07) is 15.8. The Labute approximate surface area is 124 Å². The monoisotopic (exact) mass is 279 g/mol. The molecule has 0 fully saturated rings. The lowest BCUT2D eigenvalue weighted by atomic mass is 10.1. The summed E-state index contributed by atoms with van der Waals surface area (Å²) >= 11 is 0. The number of hydrogen-bond acceptors (Lipinski definition) is 3. The van der Waals surface area contributed by atoms with Crippen LogP contribution in [0.15, 0.2) is 54.2 Å². The molecule has 0 radical (unpaired) electrons. The maximum atomic E-state index is 11.7. The number of rotatable bonds is 5. The summed E-state index contributed by atoms with van der Waals surface area (Å²) in [5, 5.41) is 17.0. The van der Waals surface area contributed by atoms with Crippen molar-refractivity contribution >= 4 is 22.4 Å². The Hall–Kier alpha value is -2.80. The third kappa shape index (κ3) is 3.83.